The zero-order chi connectivity index (χ0) is 12.8. The molecule has 0 rings (SSSR count). The summed E-state index contributed by atoms with van der Waals surface area (Å²) in [5, 5.41) is 1.68. The molecule has 0 aromatic carbocycles. The van der Waals surface area contributed by atoms with Crippen molar-refractivity contribution in [2.75, 3.05) is 6.54 Å². The van der Waals surface area contributed by atoms with Gasteiger partial charge in [-0.05, 0) is 19.9 Å². The van der Waals surface area contributed by atoms with Crippen molar-refractivity contribution in [3.05, 3.63) is 12.2 Å². The lowest BCUT2D eigenvalue weighted by Gasteiger charge is -2.11. The second kappa shape index (κ2) is 6.62. The first-order valence-electron chi connectivity index (χ1n) is 4.90. The van der Waals surface area contributed by atoms with Gasteiger partial charge in [-0.1, -0.05) is 24.8 Å². The van der Waals surface area contributed by atoms with E-state index in [9.17, 15) is 13.2 Å². The lowest BCUT2D eigenvalue weighted by molar-refractivity contribution is -0.206. The Kier molecular flexibility index (Phi) is 6.24. The smallest absolute Gasteiger partial charge is 0.300 e. The van der Waals surface area contributed by atoms with Crippen molar-refractivity contribution in [1.82, 2.24) is 5.32 Å². The Morgan fingerprint density at radius 2 is 2.00 bits per heavy atom. The zero-order valence-electron chi connectivity index (χ0n) is 9.65. The highest BCUT2D eigenvalue weighted by molar-refractivity contribution is 7.87. The monoisotopic (exact) mass is 251 g/mol. The Labute approximate surface area is 95.7 Å². The Bertz CT molecular complexity index is 349. The van der Waals surface area contributed by atoms with Crippen LogP contribution in [0.15, 0.2) is 12.2 Å². The van der Waals surface area contributed by atoms with Crippen molar-refractivity contribution in [2.45, 2.75) is 32.6 Å². The van der Waals surface area contributed by atoms with Crippen molar-refractivity contribution in [3.8, 4) is 0 Å². The first-order chi connectivity index (χ1) is 7.35. The molecule has 0 aliphatic heterocycles. The average molecular weight is 251 g/mol. The van der Waals surface area contributed by atoms with Gasteiger partial charge in [0.15, 0.2) is 0 Å². The molecule has 0 amide bonds. The van der Waals surface area contributed by atoms with Gasteiger partial charge in [0, 0.05) is 5.57 Å². The van der Waals surface area contributed by atoms with Crippen LogP contribution in [-0.4, -0.2) is 26.3 Å². The molecule has 0 bridgehead atoms. The largest absolute Gasteiger partial charge is 0.370 e. The molecule has 16 heavy (non-hydrogen) atoms. The molecule has 1 unspecified atom stereocenters. The van der Waals surface area contributed by atoms with E-state index in [1.165, 1.54) is 6.92 Å². The predicted octanol–water partition coefficient (Wildman–Crippen LogP) is 0.713. The van der Waals surface area contributed by atoms with Crippen molar-refractivity contribution >= 4 is 16.1 Å². The second-order valence-electron chi connectivity index (χ2n) is 3.09. The molecule has 0 aliphatic carbocycles. The van der Waals surface area contributed by atoms with E-state index in [4.69, 9.17) is 0 Å². The summed E-state index contributed by atoms with van der Waals surface area (Å²) in [6.45, 7) is 8.68. The minimum Gasteiger partial charge on any atom is -0.300 e. The first-order valence-corrected chi connectivity index (χ1v) is 6.37. The molecule has 0 aromatic rings. The van der Waals surface area contributed by atoms with E-state index >= 15 is 0 Å². The van der Waals surface area contributed by atoms with Gasteiger partial charge in [-0.3, -0.25) is 10.2 Å². The maximum absolute atomic E-state index is 11.3. The lowest BCUT2D eigenvalue weighted by atomic mass is 10.2. The molecule has 0 saturated carbocycles. The summed E-state index contributed by atoms with van der Waals surface area (Å²) in [4.78, 5) is 15.2. The van der Waals surface area contributed by atoms with E-state index in [0.717, 1.165) is 0 Å². The van der Waals surface area contributed by atoms with Crippen LogP contribution in [0.25, 0.3) is 0 Å². The minimum atomic E-state index is -3.95. The maximum Gasteiger partial charge on any atom is 0.370 e. The van der Waals surface area contributed by atoms with Gasteiger partial charge in [-0.2, -0.15) is 8.42 Å². The van der Waals surface area contributed by atoms with Crippen LogP contribution in [0.5, 0.6) is 0 Å². The van der Waals surface area contributed by atoms with Gasteiger partial charge in [-0.15, -0.1) is 0 Å². The van der Waals surface area contributed by atoms with Crippen molar-refractivity contribution < 1.29 is 22.4 Å². The van der Waals surface area contributed by atoms with Crippen LogP contribution in [0.2, 0.25) is 0 Å². The molecular weight excluding hydrogens is 234 g/mol. The standard InChI is InChI=1S/C9H17NO5S/c1-5-7(3)9(11)14-15-16(12,13)8(4)10-6-2/h8,10H,3,5-6H2,1-2,4H3. The van der Waals surface area contributed by atoms with Crippen LogP contribution in [0, 0.1) is 0 Å². The molecule has 1 atom stereocenters. The normalized spacial score (nSPS) is 13.2. The third kappa shape index (κ3) is 4.73. The fourth-order valence-electron chi connectivity index (χ4n) is 0.730. The fraction of sp³-hybridized carbons (Fsp3) is 0.667. The summed E-state index contributed by atoms with van der Waals surface area (Å²) < 4.78 is 26.8. The van der Waals surface area contributed by atoms with Gasteiger partial charge in [0.2, 0.25) is 0 Å². The summed E-state index contributed by atoms with van der Waals surface area (Å²) in [6, 6.07) is 0. The van der Waals surface area contributed by atoms with Crippen molar-refractivity contribution in [2.24, 2.45) is 0 Å². The van der Waals surface area contributed by atoms with Crippen molar-refractivity contribution in [3.63, 3.8) is 0 Å². The van der Waals surface area contributed by atoms with E-state index in [2.05, 4.69) is 21.1 Å². The molecule has 6 nitrogen and oxygen atoms in total. The molecule has 0 aliphatic rings. The van der Waals surface area contributed by atoms with Gasteiger partial charge >= 0.3 is 16.1 Å². The van der Waals surface area contributed by atoms with E-state index in [-0.39, 0.29) is 5.57 Å². The van der Waals surface area contributed by atoms with Crippen LogP contribution in [0.1, 0.15) is 27.2 Å². The Morgan fingerprint density at radius 3 is 2.44 bits per heavy atom. The number of carbonyl (C=O) groups is 1. The molecule has 94 valence electrons. The quantitative estimate of drug-likeness (QED) is 0.408. The van der Waals surface area contributed by atoms with Crippen LogP contribution in [0.3, 0.4) is 0 Å². The van der Waals surface area contributed by atoms with Crippen LogP contribution >= 0.6 is 0 Å². The molecular formula is C9H17NO5S. The molecule has 0 radical (unpaired) electrons. The van der Waals surface area contributed by atoms with Crippen LogP contribution in [-0.2, 0) is 24.1 Å². The summed E-state index contributed by atoms with van der Waals surface area (Å²) in [5.41, 5.74) is 0.145. The molecule has 0 aromatic heterocycles. The summed E-state index contributed by atoms with van der Waals surface area (Å²) in [6.07, 6.45) is 0.366. The first kappa shape index (κ1) is 15.1. The number of hydrogen-bond donors (Lipinski definition) is 1. The van der Waals surface area contributed by atoms with Crippen molar-refractivity contribution in [1.29, 1.82) is 0 Å². The Hall–Kier alpha value is -0.920. The lowest BCUT2D eigenvalue weighted by Crippen LogP contribution is -2.35. The molecule has 0 spiro atoms. The van der Waals surface area contributed by atoms with E-state index in [0.29, 0.717) is 13.0 Å². The maximum atomic E-state index is 11.3. The van der Waals surface area contributed by atoms with E-state index < -0.39 is 21.5 Å². The molecule has 1 N–H and O–H groups in total. The second-order valence-corrected chi connectivity index (χ2v) is 4.92. The zero-order valence-corrected chi connectivity index (χ0v) is 10.5. The average Bonchev–Trinajstić information content (AvgIpc) is 2.25. The number of hydrogen-bond acceptors (Lipinski definition) is 6. The Balaban J connectivity index is 4.30. The summed E-state index contributed by atoms with van der Waals surface area (Å²) in [7, 11) is -3.95. The van der Waals surface area contributed by atoms with Gasteiger partial charge in [0.05, 0.1) is 0 Å². The highest BCUT2D eigenvalue weighted by Crippen LogP contribution is 2.05. The molecule has 7 heteroatoms. The highest BCUT2D eigenvalue weighted by atomic mass is 32.2. The molecule has 0 saturated heterocycles. The summed E-state index contributed by atoms with van der Waals surface area (Å²) >= 11 is 0. The predicted molar refractivity (Wildman–Crippen MR) is 58.7 cm³/mol. The topological polar surface area (TPSA) is 81.7 Å². The highest BCUT2D eigenvalue weighted by Gasteiger charge is 2.24. The SMILES string of the molecule is C=C(CC)C(=O)OOS(=O)(=O)C(C)NCC. The van der Waals surface area contributed by atoms with Gasteiger partial charge < -0.3 is 0 Å². The third-order valence-electron chi connectivity index (χ3n) is 1.84. The molecule has 0 fully saturated rings. The van der Waals surface area contributed by atoms with Gasteiger partial charge in [0.1, 0.15) is 5.37 Å². The fourth-order valence-corrected chi connectivity index (χ4v) is 1.38. The van der Waals surface area contributed by atoms with Crippen LogP contribution < -0.4 is 5.32 Å². The number of rotatable bonds is 7. The third-order valence-corrected chi connectivity index (χ3v) is 3.14. The van der Waals surface area contributed by atoms with Crippen LogP contribution in [0.4, 0.5) is 0 Å². The van der Waals surface area contributed by atoms with E-state index in [1.807, 2.05) is 0 Å². The minimum absolute atomic E-state index is 0.145. The molecule has 0 heterocycles. The number of nitrogens with one attached hydrogen (secondary N) is 1. The summed E-state index contributed by atoms with van der Waals surface area (Å²) in [5.74, 6) is -0.880. The van der Waals surface area contributed by atoms with Gasteiger partial charge in [0.25, 0.3) is 0 Å². The van der Waals surface area contributed by atoms with E-state index in [1.54, 1.807) is 13.8 Å². The number of carbonyl (C=O) groups excluding carboxylic acids is 1. The van der Waals surface area contributed by atoms with Gasteiger partial charge in [-0.25, -0.2) is 4.79 Å². The Morgan fingerprint density at radius 1 is 1.44 bits per heavy atom.